The number of rotatable bonds is 3. The highest BCUT2D eigenvalue weighted by Gasteiger charge is 2.43. The Morgan fingerprint density at radius 3 is 2.50 bits per heavy atom. The highest BCUT2D eigenvalue weighted by molar-refractivity contribution is 6.31. The van der Waals surface area contributed by atoms with Crippen LogP contribution < -0.4 is 4.74 Å². The molecular formula is C25H26ClNO3. The molecule has 5 heteroatoms. The summed E-state index contributed by atoms with van der Waals surface area (Å²) in [7, 11) is 0. The second-order valence-corrected chi connectivity index (χ2v) is 8.94. The van der Waals surface area contributed by atoms with Gasteiger partial charge in [0.25, 0.3) is 0 Å². The fourth-order valence-corrected chi connectivity index (χ4v) is 4.32. The Morgan fingerprint density at radius 2 is 1.83 bits per heavy atom. The van der Waals surface area contributed by atoms with Gasteiger partial charge in [-0.05, 0) is 41.3 Å². The van der Waals surface area contributed by atoms with E-state index in [0.29, 0.717) is 54.6 Å². The maximum atomic E-state index is 12.6. The van der Waals surface area contributed by atoms with Crippen molar-refractivity contribution in [1.82, 2.24) is 4.90 Å². The smallest absolute Gasteiger partial charge is 0.246 e. The van der Waals surface area contributed by atoms with Crippen LogP contribution in [0, 0.1) is 0 Å². The maximum absolute atomic E-state index is 12.6. The third-order valence-corrected chi connectivity index (χ3v) is 6.29. The van der Waals surface area contributed by atoms with Crippen LogP contribution in [0.3, 0.4) is 0 Å². The molecule has 0 aromatic heterocycles. The molecule has 0 radical (unpaired) electrons. The number of Topliss-reactive ketones (excluding diaryl/α,β-unsaturated/α-hetero) is 1. The number of carbonyl (C=O) groups is 2. The lowest BCUT2D eigenvalue weighted by Gasteiger charge is -2.43. The molecule has 2 aliphatic heterocycles. The lowest BCUT2D eigenvalue weighted by molar-refractivity contribution is -0.129. The lowest BCUT2D eigenvalue weighted by Crippen LogP contribution is -2.52. The van der Waals surface area contributed by atoms with E-state index in [-0.39, 0.29) is 11.7 Å². The Morgan fingerprint density at radius 1 is 1.13 bits per heavy atom. The number of carbonyl (C=O) groups excluding carboxylic acids is 2. The van der Waals surface area contributed by atoms with Gasteiger partial charge in [-0.15, -0.1) is 0 Å². The number of ketones is 1. The minimum absolute atomic E-state index is 0.00731. The van der Waals surface area contributed by atoms with E-state index >= 15 is 0 Å². The van der Waals surface area contributed by atoms with Crippen molar-refractivity contribution in [2.45, 2.75) is 44.6 Å². The summed E-state index contributed by atoms with van der Waals surface area (Å²) in [6.45, 7) is 5.47. The predicted molar refractivity (Wildman–Crippen MR) is 119 cm³/mol. The number of likely N-dealkylation sites (tertiary alicyclic amines) is 1. The number of benzene rings is 2. The van der Waals surface area contributed by atoms with Gasteiger partial charge in [0.15, 0.2) is 5.78 Å². The third kappa shape index (κ3) is 4.29. The maximum Gasteiger partial charge on any atom is 0.246 e. The van der Waals surface area contributed by atoms with Crippen LogP contribution in [0.4, 0.5) is 0 Å². The molecule has 0 bridgehead atoms. The molecule has 0 unspecified atom stereocenters. The zero-order valence-corrected chi connectivity index (χ0v) is 18.1. The molecule has 2 aromatic carbocycles. The van der Waals surface area contributed by atoms with Crippen LogP contribution in [-0.4, -0.2) is 35.3 Å². The van der Waals surface area contributed by atoms with Gasteiger partial charge < -0.3 is 9.64 Å². The summed E-state index contributed by atoms with van der Waals surface area (Å²) in [4.78, 5) is 27.1. The Balaban J connectivity index is 1.38. The Kier molecular flexibility index (Phi) is 5.70. The van der Waals surface area contributed by atoms with E-state index in [1.165, 1.54) is 5.56 Å². The van der Waals surface area contributed by atoms with Crippen LogP contribution >= 0.6 is 11.6 Å². The van der Waals surface area contributed by atoms with E-state index in [4.69, 9.17) is 16.3 Å². The zero-order chi connectivity index (χ0) is 21.3. The molecule has 1 amide bonds. The van der Waals surface area contributed by atoms with Crippen LogP contribution in [0.1, 0.15) is 60.5 Å². The normalized spacial score (nSPS) is 18.0. The first kappa shape index (κ1) is 20.7. The molecule has 2 aliphatic rings. The molecule has 2 aromatic rings. The molecule has 1 saturated heterocycles. The minimum atomic E-state index is -0.523. The van der Waals surface area contributed by atoms with Crippen LogP contribution in [0.2, 0.25) is 5.02 Å². The summed E-state index contributed by atoms with van der Waals surface area (Å²) < 4.78 is 6.24. The zero-order valence-electron chi connectivity index (χ0n) is 17.4. The monoisotopic (exact) mass is 423 g/mol. The van der Waals surface area contributed by atoms with Gasteiger partial charge in [0.05, 0.1) is 12.0 Å². The fraction of sp³-hybridized carbons (Fsp3) is 0.360. The van der Waals surface area contributed by atoms with Gasteiger partial charge in [-0.1, -0.05) is 49.7 Å². The number of hydrogen-bond donors (Lipinski definition) is 0. The molecule has 0 atom stereocenters. The average molecular weight is 424 g/mol. The Labute approximate surface area is 182 Å². The van der Waals surface area contributed by atoms with Crippen molar-refractivity contribution in [2.24, 2.45) is 0 Å². The van der Waals surface area contributed by atoms with Crippen LogP contribution in [0.15, 0.2) is 48.5 Å². The standard InChI is InChI=1S/C25H26ClNO3/c1-17(2)19-6-3-18(4-7-19)5-10-24(29)27-13-11-25(12-14-27)16-22(28)21-15-20(26)8-9-23(21)30-25/h3-10,15,17H,11-14,16H2,1-2H3/b10-5+. The number of nitrogens with zero attached hydrogens (tertiary/aromatic N) is 1. The summed E-state index contributed by atoms with van der Waals surface area (Å²) in [6.07, 6.45) is 5.11. The van der Waals surface area contributed by atoms with Crippen molar-refractivity contribution in [3.05, 3.63) is 70.3 Å². The molecule has 4 rings (SSSR count). The van der Waals surface area contributed by atoms with Gasteiger partial charge in [0.2, 0.25) is 5.91 Å². The number of piperidine rings is 1. The summed E-state index contributed by atoms with van der Waals surface area (Å²) in [6, 6.07) is 13.4. The Hall–Kier alpha value is -2.59. The fourth-order valence-electron chi connectivity index (χ4n) is 4.14. The van der Waals surface area contributed by atoms with E-state index in [1.807, 2.05) is 23.1 Å². The van der Waals surface area contributed by atoms with Gasteiger partial charge in [-0.3, -0.25) is 9.59 Å². The van der Waals surface area contributed by atoms with E-state index in [9.17, 15) is 9.59 Å². The molecule has 0 aliphatic carbocycles. The second-order valence-electron chi connectivity index (χ2n) is 8.51. The molecule has 156 valence electrons. The van der Waals surface area contributed by atoms with Crippen molar-refractivity contribution >= 4 is 29.4 Å². The molecule has 0 saturated carbocycles. The molecule has 4 nitrogen and oxygen atoms in total. The molecule has 1 fully saturated rings. The number of amides is 1. The third-order valence-electron chi connectivity index (χ3n) is 6.06. The highest BCUT2D eigenvalue weighted by Crippen LogP contribution is 2.40. The van der Waals surface area contributed by atoms with Crippen LogP contribution in [-0.2, 0) is 4.79 Å². The van der Waals surface area contributed by atoms with Crippen LogP contribution in [0.25, 0.3) is 6.08 Å². The van der Waals surface area contributed by atoms with Crippen molar-refractivity contribution < 1.29 is 14.3 Å². The van der Waals surface area contributed by atoms with Gasteiger partial charge in [0.1, 0.15) is 11.4 Å². The molecule has 0 N–H and O–H groups in total. The number of hydrogen-bond acceptors (Lipinski definition) is 3. The quantitative estimate of drug-likeness (QED) is 0.612. The molecule has 2 heterocycles. The largest absolute Gasteiger partial charge is 0.486 e. The number of fused-ring (bicyclic) bond motifs is 1. The molecule has 1 spiro atoms. The number of ether oxygens (including phenoxy) is 1. The number of halogens is 1. The average Bonchev–Trinajstić information content (AvgIpc) is 2.73. The molecular weight excluding hydrogens is 398 g/mol. The van der Waals surface area contributed by atoms with Crippen molar-refractivity contribution in [3.63, 3.8) is 0 Å². The summed E-state index contributed by atoms with van der Waals surface area (Å²) in [5, 5.41) is 0.535. The first-order chi connectivity index (χ1) is 14.3. The van der Waals surface area contributed by atoms with Gasteiger partial charge in [0, 0.05) is 37.0 Å². The summed E-state index contributed by atoms with van der Waals surface area (Å²) in [5.74, 6) is 1.14. The Bertz CT molecular complexity index is 986. The highest BCUT2D eigenvalue weighted by atomic mass is 35.5. The van der Waals surface area contributed by atoms with Crippen molar-refractivity contribution in [2.75, 3.05) is 13.1 Å². The van der Waals surface area contributed by atoms with Crippen molar-refractivity contribution in [1.29, 1.82) is 0 Å². The van der Waals surface area contributed by atoms with E-state index in [1.54, 1.807) is 24.3 Å². The molecule has 30 heavy (non-hydrogen) atoms. The lowest BCUT2D eigenvalue weighted by atomic mass is 9.82. The summed E-state index contributed by atoms with van der Waals surface area (Å²) in [5.41, 5.74) is 2.33. The van der Waals surface area contributed by atoms with E-state index in [2.05, 4.69) is 26.0 Å². The first-order valence-electron chi connectivity index (χ1n) is 10.4. The van der Waals surface area contributed by atoms with Gasteiger partial charge in [-0.25, -0.2) is 0 Å². The van der Waals surface area contributed by atoms with E-state index in [0.717, 1.165) is 5.56 Å². The van der Waals surface area contributed by atoms with Crippen molar-refractivity contribution in [3.8, 4) is 5.75 Å². The predicted octanol–water partition coefficient (Wildman–Crippen LogP) is 5.50. The van der Waals surface area contributed by atoms with Crippen LogP contribution in [0.5, 0.6) is 5.75 Å². The summed E-state index contributed by atoms with van der Waals surface area (Å²) >= 11 is 6.01. The van der Waals surface area contributed by atoms with Gasteiger partial charge >= 0.3 is 0 Å². The van der Waals surface area contributed by atoms with Gasteiger partial charge in [-0.2, -0.15) is 0 Å². The van der Waals surface area contributed by atoms with E-state index < -0.39 is 5.60 Å². The SMILES string of the molecule is CC(C)c1ccc(/C=C/C(=O)N2CCC3(CC2)CC(=O)c2cc(Cl)ccc2O3)cc1. The second kappa shape index (κ2) is 8.27. The minimum Gasteiger partial charge on any atom is -0.486 e. The first-order valence-corrected chi connectivity index (χ1v) is 10.8. The topological polar surface area (TPSA) is 46.6 Å².